The van der Waals surface area contributed by atoms with Crippen molar-refractivity contribution in [2.24, 2.45) is 5.73 Å². The number of rotatable bonds is 4. The van der Waals surface area contributed by atoms with E-state index >= 15 is 0 Å². The highest BCUT2D eigenvalue weighted by Crippen LogP contribution is 2.30. The van der Waals surface area contributed by atoms with Crippen LogP contribution >= 0.6 is 0 Å². The zero-order valence-corrected chi connectivity index (χ0v) is 12.7. The summed E-state index contributed by atoms with van der Waals surface area (Å²) in [7, 11) is 1.58. The van der Waals surface area contributed by atoms with Gasteiger partial charge in [0.25, 0.3) is 5.91 Å². The van der Waals surface area contributed by atoms with E-state index in [0.29, 0.717) is 17.7 Å². The van der Waals surface area contributed by atoms with Gasteiger partial charge in [0, 0.05) is 30.3 Å². The molecule has 1 aromatic carbocycles. The van der Waals surface area contributed by atoms with Crippen LogP contribution in [-0.2, 0) is 4.79 Å². The molecule has 0 heterocycles. The normalized spacial score (nSPS) is 16.5. The average Bonchev–Trinajstić information content (AvgIpc) is 2.86. The quantitative estimate of drug-likeness (QED) is 0.792. The zero-order valence-electron chi connectivity index (χ0n) is 12.7. The SMILES string of the molecule is CNC(=O)c1ccc(C)c(NC(=O)CC2(N)CCCC2)c1. The van der Waals surface area contributed by atoms with Crippen LogP contribution in [0.15, 0.2) is 18.2 Å². The fraction of sp³-hybridized carbons (Fsp3) is 0.500. The standard InChI is InChI=1S/C16H23N3O2/c1-11-5-6-12(15(21)18-2)9-13(11)19-14(20)10-16(17)7-3-4-8-16/h5-6,9H,3-4,7-8,10,17H2,1-2H3,(H,18,21)(H,19,20). The molecular weight excluding hydrogens is 266 g/mol. The van der Waals surface area contributed by atoms with E-state index < -0.39 is 0 Å². The number of anilines is 1. The van der Waals surface area contributed by atoms with Crippen molar-refractivity contribution in [1.82, 2.24) is 5.32 Å². The molecule has 1 aliphatic carbocycles. The molecule has 0 spiro atoms. The monoisotopic (exact) mass is 289 g/mol. The molecule has 2 amide bonds. The van der Waals surface area contributed by atoms with Crippen molar-refractivity contribution in [3.05, 3.63) is 29.3 Å². The second kappa shape index (κ2) is 6.26. The molecule has 0 atom stereocenters. The van der Waals surface area contributed by atoms with Crippen LogP contribution in [-0.4, -0.2) is 24.4 Å². The molecule has 0 saturated heterocycles. The summed E-state index contributed by atoms with van der Waals surface area (Å²) in [6, 6.07) is 5.27. The maximum atomic E-state index is 12.2. The second-order valence-corrected chi connectivity index (χ2v) is 5.90. The first kappa shape index (κ1) is 15.5. The Morgan fingerprint density at radius 3 is 2.57 bits per heavy atom. The van der Waals surface area contributed by atoms with Crippen LogP contribution in [0, 0.1) is 6.92 Å². The number of hydrogen-bond donors (Lipinski definition) is 3. The summed E-state index contributed by atoms with van der Waals surface area (Å²) in [5.41, 5.74) is 7.98. The molecule has 1 saturated carbocycles. The lowest BCUT2D eigenvalue weighted by molar-refractivity contribution is -0.117. The van der Waals surface area contributed by atoms with Gasteiger partial charge in [0.15, 0.2) is 0 Å². The minimum Gasteiger partial charge on any atom is -0.355 e. The summed E-state index contributed by atoms with van der Waals surface area (Å²) in [6.45, 7) is 1.90. The number of hydrogen-bond acceptors (Lipinski definition) is 3. The highest BCUT2D eigenvalue weighted by Gasteiger charge is 2.31. The van der Waals surface area contributed by atoms with Crippen LogP contribution in [0.3, 0.4) is 0 Å². The predicted octanol–water partition coefficient (Wildman–Crippen LogP) is 1.95. The van der Waals surface area contributed by atoms with Gasteiger partial charge in [0.2, 0.25) is 5.91 Å². The molecule has 114 valence electrons. The van der Waals surface area contributed by atoms with Gasteiger partial charge in [-0.25, -0.2) is 0 Å². The molecule has 0 aliphatic heterocycles. The maximum Gasteiger partial charge on any atom is 0.251 e. The number of amides is 2. The van der Waals surface area contributed by atoms with Gasteiger partial charge in [-0.05, 0) is 37.5 Å². The van der Waals surface area contributed by atoms with Gasteiger partial charge in [0.1, 0.15) is 0 Å². The molecule has 1 aromatic rings. The highest BCUT2D eigenvalue weighted by atomic mass is 16.2. The van der Waals surface area contributed by atoms with E-state index in [1.165, 1.54) is 0 Å². The molecule has 0 aromatic heterocycles. The van der Waals surface area contributed by atoms with Crippen molar-refractivity contribution < 1.29 is 9.59 Å². The fourth-order valence-corrected chi connectivity index (χ4v) is 2.81. The first-order valence-electron chi connectivity index (χ1n) is 7.35. The number of aryl methyl sites for hydroxylation is 1. The smallest absolute Gasteiger partial charge is 0.251 e. The van der Waals surface area contributed by atoms with Crippen molar-refractivity contribution in [2.75, 3.05) is 12.4 Å². The largest absolute Gasteiger partial charge is 0.355 e. The Balaban J connectivity index is 2.07. The highest BCUT2D eigenvalue weighted by molar-refractivity contribution is 5.97. The lowest BCUT2D eigenvalue weighted by Gasteiger charge is -2.22. The van der Waals surface area contributed by atoms with E-state index in [-0.39, 0.29) is 17.4 Å². The van der Waals surface area contributed by atoms with Gasteiger partial charge >= 0.3 is 0 Å². The van der Waals surface area contributed by atoms with Gasteiger partial charge in [-0.1, -0.05) is 18.9 Å². The molecule has 0 unspecified atom stereocenters. The van der Waals surface area contributed by atoms with Crippen LogP contribution in [0.4, 0.5) is 5.69 Å². The summed E-state index contributed by atoms with van der Waals surface area (Å²) < 4.78 is 0. The summed E-state index contributed by atoms with van der Waals surface area (Å²) in [6.07, 6.45) is 4.32. The molecule has 1 fully saturated rings. The molecule has 0 radical (unpaired) electrons. The number of nitrogens with one attached hydrogen (secondary N) is 2. The van der Waals surface area contributed by atoms with E-state index in [0.717, 1.165) is 31.2 Å². The van der Waals surface area contributed by atoms with Crippen molar-refractivity contribution in [2.45, 2.75) is 44.6 Å². The third kappa shape index (κ3) is 3.82. The Morgan fingerprint density at radius 2 is 1.95 bits per heavy atom. The topological polar surface area (TPSA) is 84.2 Å². The van der Waals surface area contributed by atoms with Crippen molar-refractivity contribution >= 4 is 17.5 Å². The van der Waals surface area contributed by atoms with Gasteiger partial charge in [-0.2, -0.15) is 0 Å². The number of benzene rings is 1. The number of carbonyl (C=O) groups excluding carboxylic acids is 2. The van der Waals surface area contributed by atoms with Crippen LogP contribution in [0.25, 0.3) is 0 Å². The average molecular weight is 289 g/mol. The first-order valence-corrected chi connectivity index (χ1v) is 7.35. The summed E-state index contributed by atoms with van der Waals surface area (Å²) in [4.78, 5) is 23.8. The van der Waals surface area contributed by atoms with E-state index in [9.17, 15) is 9.59 Å². The number of nitrogens with two attached hydrogens (primary N) is 1. The fourth-order valence-electron chi connectivity index (χ4n) is 2.81. The molecule has 5 nitrogen and oxygen atoms in total. The number of carbonyl (C=O) groups is 2. The van der Waals surface area contributed by atoms with Crippen molar-refractivity contribution in [3.8, 4) is 0 Å². The Morgan fingerprint density at radius 1 is 1.29 bits per heavy atom. The minimum absolute atomic E-state index is 0.0865. The maximum absolute atomic E-state index is 12.2. The molecule has 4 N–H and O–H groups in total. The van der Waals surface area contributed by atoms with Gasteiger partial charge in [0.05, 0.1) is 0 Å². The van der Waals surface area contributed by atoms with E-state index in [1.54, 1.807) is 19.2 Å². The minimum atomic E-state index is -0.365. The van der Waals surface area contributed by atoms with Gasteiger partial charge < -0.3 is 16.4 Å². The summed E-state index contributed by atoms with van der Waals surface area (Å²) in [5.74, 6) is -0.256. The second-order valence-electron chi connectivity index (χ2n) is 5.90. The molecule has 21 heavy (non-hydrogen) atoms. The van der Waals surface area contributed by atoms with Crippen LogP contribution in [0.5, 0.6) is 0 Å². The van der Waals surface area contributed by atoms with Gasteiger partial charge in [-0.3, -0.25) is 9.59 Å². The third-order valence-electron chi connectivity index (χ3n) is 4.11. The van der Waals surface area contributed by atoms with Crippen LogP contribution in [0.2, 0.25) is 0 Å². The first-order chi connectivity index (χ1) is 9.93. The molecule has 0 bridgehead atoms. The zero-order chi connectivity index (χ0) is 15.5. The van der Waals surface area contributed by atoms with E-state index in [2.05, 4.69) is 10.6 Å². The summed E-state index contributed by atoms with van der Waals surface area (Å²) >= 11 is 0. The van der Waals surface area contributed by atoms with Crippen molar-refractivity contribution in [3.63, 3.8) is 0 Å². The predicted molar refractivity (Wildman–Crippen MR) is 83.2 cm³/mol. The Hall–Kier alpha value is -1.88. The lowest BCUT2D eigenvalue weighted by Crippen LogP contribution is -2.40. The van der Waals surface area contributed by atoms with E-state index in [1.807, 2.05) is 13.0 Å². The van der Waals surface area contributed by atoms with Gasteiger partial charge in [-0.15, -0.1) is 0 Å². The molecule has 1 aliphatic rings. The Bertz CT molecular complexity index is 548. The molecular formula is C16H23N3O2. The van der Waals surface area contributed by atoms with E-state index in [4.69, 9.17) is 5.73 Å². The van der Waals surface area contributed by atoms with Crippen LogP contribution in [0.1, 0.15) is 48.0 Å². The lowest BCUT2D eigenvalue weighted by atomic mass is 9.94. The van der Waals surface area contributed by atoms with Crippen molar-refractivity contribution in [1.29, 1.82) is 0 Å². The Kier molecular flexibility index (Phi) is 4.63. The third-order valence-corrected chi connectivity index (χ3v) is 4.11. The summed E-state index contributed by atoms with van der Waals surface area (Å²) in [5, 5.41) is 5.46. The molecule has 5 heteroatoms. The Labute approximate surface area is 125 Å². The van der Waals surface area contributed by atoms with Crippen LogP contribution < -0.4 is 16.4 Å². The molecule has 2 rings (SSSR count).